The number of esters is 1. The molecular formula is C18H20O2. The summed E-state index contributed by atoms with van der Waals surface area (Å²) in [5, 5.41) is 0. The van der Waals surface area contributed by atoms with Gasteiger partial charge in [0.1, 0.15) is 0 Å². The number of rotatable bonds is 6. The molecule has 0 saturated heterocycles. The van der Waals surface area contributed by atoms with E-state index in [2.05, 4.69) is 24.3 Å². The Morgan fingerprint density at radius 3 is 2.20 bits per heavy atom. The molecule has 0 aromatic heterocycles. The molecule has 0 aliphatic carbocycles. The molecule has 104 valence electrons. The van der Waals surface area contributed by atoms with E-state index in [4.69, 9.17) is 4.74 Å². The molecule has 0 aliphatic heterocycles. The number of ether oxygens (including phenoxy) is 1. The van der Waals surface area contributed by atoms with Gasteiger partial charge in [-0.3, -0.25) is 4.79 Å². The van der Waals surface area contributed by atoms with Gasteiger partial charge in [0, 0.05) is 12.3 Å². The highest BCUT2D eigenvalue weighted by Crippen LogP contribution is 2.21. The normalized spacial score (nSPS) is 11.8. The summed E-state index contributed by atoms with van der Waals surface area (Å²) >= 11 is 0. The van der Waals surface area contributed by atoms with Gasteiger partial charge in [-0.1, -0.05) is 67.6 Å². The number of benzene rings is 2. The summed E-state index contributed by atoms with van der Waals surface area (Å²) in [4.78, 5) is 11.4. The largest absolute Gasteiger partial charge is 0.465 e. The molecule has 0 saturated carbocycles. The van der Waals surface area contributed by atoms with Crippen LogP contribution in [-0.2, 0) is 16.0 Å². The van der Waals surface area contributed by atoms with Crippen molar-refractivity contribution >= 4 is 5.97 Å². The van der Waals surface area contributed by atoms with Crippen LogP contribution in [0.1, 0.15) is 30.4 Å². The summed E-state index contributed by atoms with van der Waals surface area (Å²) in [6.07, 6.45) is 1.30. The van der Waals surface area contributed by atoms with Crippen molar-refractivity contribution in [1.29, 1.82) is 0 Å². The van der Waals surface area contributed by atoms with E-state index < -0.39 is 0 Å². The SMILES string of the molecule is CCC(=O)OC[C@@H](Cc1ccccc1)c1ccccc1. The Balaban J connectivity index is 2.10. The topological polar surface area (TPSA) is 26.3 Å². The summed E-state index contributed by atoms with van der Waals surface area (Å²) in [6, 6.07) is 20.5. The zero-order chi connectivity index (χ0) is 14.2. The Bertz CT molecular complexity index is 520. The van der Waals surface area contributed by atoms with Crippen LogP contribution in [0.4, 0.5) is 0 Å². The third kappa shape index (κ3) is 4.23. The molecule has 20 heavy (non-hydrogen) atoms. The molecule has 1 atom stereocenters. The summed E-state index contributed by atoms with van der Waals surface area (Å²) in [7, 11) is 0. The van der Waals surface area contributed by atoms with Crippen LogP contribution in [0.2, 0.25) is 0 Å². The molecule has 0 unspecified atom stereocenters. The highest BCUT2D eigenvalue weighted by molar-refractivity contribution is 5.68. The minimum Gasteiger partial charge on any atom is -0.465 e. The predicted octanol–water partition coefficient (Wildman–Crippen LogP) is 3.97. The van der Waals surface area contributed by atoms with Crippen LogP contribution in [0, 0.1) is 0 Å². The van der Waals surface area contributed by atoms with Crippen molar-refractivity contribution in [3.63, 3.8) is 0 Å². The Morgan fingerprint density at radius 1 is 1.00 bits per heavy atom. The van der Waals surface area contributed by atoms with Crippen LogP contribution in [0.3, 0.4) is 0 Å². The van der Waals surface area contributed by atoms with Crippen LogP contribution in [0.5, 0.6) is 0 Å². The van der Waals surface area contributed by atoms with E-state index in [-0.39, 0.29) is 11.9 Å². The number of carbonyl (C=O) groups excluding carboxylic acids is 1. The first-order valence-corrected chi connectivity index (χ1v) is 7.04. The van der Waals surface area contributed by atoms with Gasteiger partial charge in [-0.2, -0.15) is 0 Å². The minimum atomic E-state index is -0.140. The fourth-order valence-corrected chi connectivity index (χ4v) is 2.19. The maximum absolute atomic E-state index is 11.4. The Hall–Kier alpha value is -2.09. The Labute approximate surface area is 120 Å². The zero-order valence-electron chi connectivity index (χ0n) is 11.8. The molecule has 0 fully saturated rings. The number of carbonyl (C=O) groups is 1. The Morgan fingerprint density at radius 2 is 1.60 bits per heavy atom. The fraction of sp³-hybridized carbons (Fsp3) is 0.278. The summed E-state index contributed by atoms with van der Waals surface area (Å²) in [5.41, 5.74) is 2.47. The van der Waals surface area contributed by atoms with Gasteiger partial charge in [-0.25, -0.2) is 0 Å². The van der Waals surface area contributed by atoms with Crippen LogP contribution in [0.25, 0.3) is 0 Å². The first-order chi connectivity index (χ1) is 9.79. The van der Waals surface area contributed by atoms with Crippen molar-refractivity contribution in [1.82, 2.24) is 0 Å². The second kappa shape index (κ2) is 7.49. The maximum atomic E-state index is 11.4. The standard InChI is InChI=1S/C18H20O2/c1-2-18(19)20-14-17(16-11-7-4-8-12-16)13-15-9-5-3-6-10-15/h3-12,17H,2,13-14H2,1H3/t17-/m1/s1. The van der Waals surface area contributed by atoms with Gasteiger partial charge in [-0.05, 0) is 17.5 Å². The molecule has 0 heterocycles. The highest BCUT2D eigenvalue weighted by Gasteiger charge is 2.14. The summed E-state index contributed by atoms with van der Waals surface area (Å²) < 4.78 is 5.34. The molecule has 2 aromatic rings. The molecular weight excluding hydrogens is 248 g/mol. The van der Waals surface area contributed by atoms with Gasteiger partial charge >= 0.3 is 5.97 Å². The van der Waals surface area contributed by atoms with Crippen LogP contribution >= 0.6 is 0 Å². The van der Waals surface area contributed by atoms with Gasteiger partial charge in [-0.15, -0.1) is 0 Å². The number of hydrogen-bond donors (Lipinski definition) is 0. The predicted molar refractivity (Wildman–Crippen MR) is 80.6 cm³/mol. The third-order valence-electron chi connectivity index (χ3n) is 3.33. The molecule has 2 heteroatoms. The quantitative estimate of drug-likeness (QED) is 0.741. The maximum Gasteiger partial charge on any atom is 0.305 e. The van der Waals surface area contributed by atoms with Crippen LogP contribution in [-0.4, -0.2) is 12.6 Å². The van der Waals surface area contributed by atoms with E-state index in [9.17, 15) is 4.79 Å². The van der Waals surface area contributed by atoms with E-state index in [0.29, 0.717) is 13.0 Å². The van der Waals surface area contributed by atoms with Crippen molar-refractivity contribution in [2.24, 2.45) is 0 Å². The highest BCUT2D eigenvalue weighted by atomic mass is 16.5. The molecule has 0 aliphatic rings. The first kappa shape index (κ1) is 14.3. The molecule has 2 nitrogen and oxygen atoms in total. The number of hydrogen-bond acceptors (Lipinski definition) is 2. The summed E-state index contributed by atoms with van der Waals surface area (Å²) in [6.45, 7) is 2.25. The van der Waals surface area contributed by atoms with Gasteiger partial charge in [0.25, 0.3) is 0 Å². The molecule has 0 N–H and O–H groups in total. The summed E-state index contributed by atoms with van der Waals surface area (Å²) in [5.74, 6) is 0.0630. The minimum absolute atomic E-state index is 0.140. The Kier molecular flexibility index (Phi) is 5.36. The van der Waals surface area contributed by atoms with Gasteiger partial charge in [0.2, 0.25) is 0 Å². The molecule has 2 rings (SSSR count). The fourth-order valence-electron chi connectivity index (χ4n) is 2.19. The van der Waals surface area contributed by atoms with Crippen LogP contribution in [0.15, 0.2) is 60.7 Å². The first-order valence-electron chi connectivity index (χ1n) is 7.04. The lowest BCUT2D eigenvalue weighted by Gasteiger charge is -2.17. The molecule has 0 bridgehead atoms. The third-order valence-corrected chi connectivity index (χ3v) is 3.33. The lowest BCUT2D eigenvalue weighted by atomic mass is 9.93. The van der Waals surface area contributed by atoms with Gasteiger partial charge < -0.3 is 4.74 Å². The van der Waals surface area contributed by atoms with Crippen molar-refractivity contribution in [2.75, 3.05) is 6.61 Å². The average Bonchev–Trinajstić information content (AvgIpc) is 2.53. The monoisotopic (exact) mass is 268 g/mol. The van der Waals surface area contributed by atoms with E-state index in [1.165, 1.54) is 11.1 Å². The zero-order valence-corrected chi connectivity index (χ0v) is 11.8. The lowest BCUT2D eigenvalue weighted by molar-refractivity contribution is -0.143. The van der Waals surface area contributed by atoms with Crippen molar-refractivity contribution < 1.29 is 9.53 Å². The van der Waals surface area contributed by atoms with Crippen LogP contribution < -0.4 is 0 Å². The van der Waals surface area contributed by atoms with E-state index in [1.807, 2.05) is 43.3 Å². The molecule has 0 amide bonds. The van der Waals surface area contributed by atoms with Gasteiger partial charge in [0.15, 0.2) is 0 Å². The molecule has 0 spiro atoms. The van der Waals surface area contributed by atoms with E-state index in [0.717, 1.165) is 6.42 Å². The second-order valence-corrected chi connectivity index (χ2v) is 4.83. The smallest absolute Gasteiger partial charge is 0.305 e. The average molecular weight is 268 g/mol. The van der Waals surface area contributed by atoms with E-state index in [1.54, 1.807) is 0 Å². The van der Waals surface area contributed by atoms with Gasteiger partial charge in [0.05, 0.1) is 6.61 Å². The molecule has 0 radical (unpaired) electrons. The van der Waals surface area contributed by atoms with Crippen molar-refractivity contribution in [3.8, 4) is 0 Å². The van der Waals surface area contributed by atoms with Crippen molar-refractivity contribution in [2.45, 2.75) is 25.7 Å². The van der Waals surface area contributed by atoms with E-state index >= 15 is 0 Å². The lowest BCUT2D eigenvalue weighted by Crippen LogP contribution is -2.14. The van der Waals surface area contributed by atoms with Crippen molar-refractivity contribution in [3.05, 3.63) is 71.8 Å². The molecule has 2 aromatic carbocycles. The second-order valence-electron chi connectivity index (χ2n) is 4.83.